The summed E-state index contributed by atoms with van der Waals surface area (Å²) in [6, 6.07) is 12.9. The molecule has 22 heavy (non-hydrogen) atoms. The molecule has 0 aliphatic carbocycles. The van der Waals surface area contributed by atoms with Gasteiger partial charge in [-0.3, -0.25) is 0 Å². The molecule has 0 amide bonds. The first kappa shape index (κ1) is 14.2. The van der Waals surface area contributed by atoms with E-state index < -0.39 is 5.97 Å². The van der Waals surface area contributed by atoms with Gasteiger partial charge in [0.1, 0.15) is 17.1 Å². The van der Waals surface area contributed by atoms with Crippen LogP contribution < -0.4 is 0 Å². The van der Waals surface area contributed by atoms with Crippen molar-refractivity contribution in [2.45, 2.75) is 0 Å². The van der Waals surface area contributed by atoms with Crippen LogP contribution in [-0.4, -0.2) is 21.3 Å². The molecule has 0 spiro atoms. The molecule has 3 N–H and O–H groups in total. The molecule has 0 fully saturated rings. The summed E-state index contributed by atoms with van der Waals surface area (Å²) in [5.41, 5.74) is 0.194. The Bertz CT molecular complexity index is 885. The maximum Gasteiger partial charge on any atom is 0.340 e. The number of hydrogen-bond donors (Lipinski definition) is 3. The van der Waals surface area contributed by atoms with E-state index in [9.17, 15) is 20.1 Å². The lowest BCUT2D eigenvalue weighted by Gasteiger charge is -2.14. The molecule has 0 aliphatic heterocycles. The molecule has 3 rings (SSSR count). The van der Waals surface area contributed by atoms with Crippen LogP contribution in [0.25, 0.3) is 21.9 Å². The van der Waals surface area contributed by atoms with Crippen LogP contribution in [0.4, 0.5) is 0 Å². The monoisotopic (exact) mass is 314 g/mol. The number of halogens is 1. The summed E-state index contributed by atoms with van der Waals surface area (Å²) in [5, 5.41) is 31.5. The third kappa shape index (κ3) is 2.14. The standard InChI is InChI=1S/C17H11ClO4/c18-10-7-5-9(6-8-10)13-14(17(21)22)16(20)12-4-2-1-3-11(12)15(13)19/h1-8,19-20H,(H,21,22). The minimum Gasteiger partial charge on any atom is -0.507 e. The van der Waals surface area contributed by atoms with Gasteiger partial charge in [0.15, 0.2) is 0 Å². The summed E-state index contributed by atoms with van der Waals surface area (Å²) in [5.74, 6) is -1.87. The van der Waals surface area contributed by atoms with Crippen LogP contribution in [0.3, 0.4) is 0 Å². The van der Waals surface area contributed by atoms with Crippen molar-refractivity contribution in [1.82, 2.24) is 0 Å². The predicted octanol–water partition coefficient (Wildman–Crippen LogP) is 4.27. The average Bonchev–Trinajstić information content (AvgIpc) is 2.51. The molecular formula is C17H11ClO4. The molecule has 0 aliphatic rings. The molecule has 0 heterocycles. The molecule has 3 aromatic rings. The van der Waals surface area contributed by atoms with Crippen LogP contribution >= 0.6 is 11.6 Å². The van der Waals surface area contributed by atoms with Gasteiger partial charge < -0.3 is 15.3 Å². The van der Waals surface area contributed by atoms with E-state index in [4.69, 9.17) is 11.6 Å². The Labute approximate surface area is 130 Å². The number of benzene rings is 3. The van der Waals surface area contributed by atoms with E-state index in [0.717, 1.165) is 0 Å². The normalized spacial score (nSPS) is 10.8. The lowest BCUT2D eigenvalue weighted by Crippen LogP contribution is -2.01. The molecule has 0 aromatic heterocycles. The van der Waals surface area contributed by atoms with Gasteiger partial charge >= 0.3 is 5.97 Å². The average molecular weight is 315 g/mol. The number of carboxylic acids is 1. The highest BCUT2D eigenvalue weighted by molar-refractivity contribution is 6.30. The second kappa shape index (κ2) is 5.24. The minimum atomic E-state index is -1.32. The van der Waals surface area contributed by atoms with Gasteiger partial charge in [-0.1, -0.05) is 48.0 Å². The van der Waals surface area contributed by atoms with Gasteiger partial charge in [-0.25, -0.2) is 4.79 Å². The van der Waals surface area contributed by atoms with E-state index >= 15 is 0 Å². The molecule has 0 saturated heterocycles. The number of aromatic carboxylic acids is 1. The zero-order valence-electron chi connectivity index (χ0n) is 11.2. The molecule has 0 atom stereocenters. The summed E-state index contributed by atoms with van der Waals surface area (Å²) in [6.07, 6.45) is 0. The van der Waals surface area contributed by atoms with Crippen LogP contribution in [0.5, 0.6) is 11.5 Å². The van der Waals surface area contributed by atoms with Crippen molar-refractivity contribution >= 4 is 28.3 Å². The second-order valence-electron chi connectivity index (χ2n) is 4.80. The Morgan fingerprint density at radius 2 is 1.41 bits per heavy atom. The van der Waals surface area contributed by atoms with Gasteiger partial charge in [0.05, 0.1) is 0 Å². The van der Waals surface area contributed by atoms with E-state index in [1.807, 2.05) is 0 Å². The molecule has 5 heteroatoms. The molecule has 0 saturated carbocycles. The number of carbonyl (C=O) groups is 1. The summed E-state index contributed by atoms with van der Waals surface area (Å²) < 4.78 is 0. The van der Waals surface area contributed by atoms with Crippen molar-refractivity contribution in [3.8, 4) is 22.6 Å². The number of phenolic OH excluding ortho intramolecular Hbond substituents is 1. The number of phenols is 2. The predicted molar refractivity (Wildman–Crippen MR) is 84.7 cm³/mol. The topological polar surface area (TPSA) is 77.8 Å². The summed E-state index contributed by atoms with van der Waals surface area (Å²) in [4.78, 5) is 11.6. The number of rotatable bonds is 2. The largest absolute Gasteiger partial charge is 0.507 e. The summed E-state index contributed by atoms with van der Waals surface area (Å²) in [6.45, 7) is 0. The highest BCUT2D eigenvalue weighted by atomic mass is 35.5. The fourth-order valence-corrected chi connectivity index (χ4v) is 2.63. The van der Waals surface area contributed by atoms with E-state index in [2.05, 4.69) is 0 Å². The first-order chi connectivity index (χ1) is 10.5. The maximum atomic E-state index is 11.6. The number of hydrogen-bond acceptors (Lipinski definition) is 3. The maximum absolute atomic E-state index is 11.6. The number of carboxylic acid groups (broad SMARTS) is 1. The molecule has 110 valence electrons. The van der Waals surface area contributed by atoms with Gasteiger partial charge in [0.2, 0.25) is 0 Å². The molecule has 0 bridgehead atoms. The van der Waals surface area contributed by atoms with Gasteiger partial charge in [-0.2, -0.15) is 0 Å². The Hall–Kier alpha value is -2.72. The molecule has 4 nitrogen and oxygen atoms in total. The Morgan fingerprint density at radius 1 is 0.864 bits per heavy atom. The van der Waals surface area contributed by atoms with Gasteiger partial charge in [-0.05, 0) is 17.7 Å². The van der Waals surface area contributed by atoms with Crippen LogP contribution in [0.1, 0.15) is 10.4 Å². The van der Waals surface area contributed by atoms with Crippen molar-refractivity contribution in [2.24, 2.45) is 0 Å². The Balaban J connectivity index is 2.46. The number of aromatic hydroxyl groups is 2. The van der Waals surface area contributed by atoms with E-state index in [1.165, 1.54) is 0 Å². The fourth-order valence-electron chi connectivity index (χ4n) is 2.51. The van der Waals surface area contributed by atoms with Crippen LogP contribution in [0.2, 0.25) is 5.02 Å². The van der Waals surface area contributed by atoms with Crippen LogP contribution in [-0.2, 0) is 0 Å². The highest BCUT2D eigenvalue weighted by Crippen LogP contribution is 2.44. The van der Waals surface area contributed by atoms with E-state index in [-0.39, 0.29) is 28.0 Å². The Kier molecular flexibility index (Phi) is 3.39. The van der Waals surface area contributed by atoms with Crippen molar-refractivity contribution < 1.29 is 20.1 Å². The lowest BCUT2D eigenvalue weighted by molar-refractivity contribution is 0.0694. The van der Waals surface area contributed by atoms with Crippen molar-refractivity contribution in [2.75, 3.05) is 0 Å². The van der Waals surface area contributed by atoms with Crippen molar-refractivity contribution in [3.63, 3.8) is 0 Å². The highest BCUT2D eigenvalue weighted by Gasteiger charge is 2.24. The smallest absolute Gasteiger partial charge is 0.340 e. The number of fused-ring (bicyclic) bond motifs is 1. The zero-order valence-corrected chi connectivity index (χ0v) is 12.0. The van der Waals surface area contributed by atoms with E-state index in [0.29, 0.717) is 16.0 Å². The molecular weight excluding hydrogens is 304 g/mol. The Morgan fingerprint density at radius 3 is 1.95 bits per heavy atom. The lowest BCUT2D eigenvalue weighted by atomic mass is 9.93. The first-order valence-electron chi connectivity index (χ1n) is 6.46. The zero-order chi connectivity index (χ0) is 15.9. The van der Waals surface area contributed by atoms with Crippen molar-refractivity contribution in [3.05, 3.63) is 59.1 Å². The molecule has 0 unspecified atom stereocenters. The van der Waals surface area contributed by atoms with Crippen LogP contribution in [0, 0.1) is 0 Å². The first-order valence-corrected chi connectivity index (χ1v) is 6.84. The quantitative estimate of drug-likeness (QED) is 0.617. The minimum absolute atomic E-state index is 0.0698. The van der Waals surface area contributed by atoms with Gasteiger partial charge in [-0.15, -0.1) is 0 Å². The summed E-state index contributed by atoms with van der Waals surface area (Å²) >= 11 is 5.84. The third-order valence-corrected chi connectivity index (χ3v) is 3.76. The second-order valence-corrected chi connectivity index (χ2v) is 5.24. The third-order valence-electron chi connectivity index (χ3n) is 3.51. The van der Waals surface area contributed by atoms with Crippen molar-refractivity contribution in [1.29, 1.82) is 0 Å². The fraction of sp³-hybridized carbons (Fsp3) is 0. The molecule has 0 radical (unpaired) electrons. The SMILES string of the molecule is O=C(O)c1c(-c2ccc(Cl)cc2)c(O)c2ccccc2c1O. The van der Waals surface area contributed by atoms with Gasteiger partial charge in [0, 0.05) is 21.4 Å². The van der Waals surface area contributed by atoms with Gasteiger partial charge in [0.25, 0.3) is 0 Å². The molecule has 3 aromatic carbocycles. The summed E-state index contributed by atoms with van der Waals surface area (Å²) in [7, 11) is 0. The van der Waals surface area contributed by atoms with E-state index in [1.54, 1.807) is 48.5 Å². The van der Waals surface area contributed by atoms with Crippen LogP contribution in [0.15, 0.2) is 48.5 Å².